The zero-order valence-corrected chi connectivity index (χ0v) is 12.9. The lowest BCUT2D eigenvalue weighted by Gasteiger charge is -2.15. The second-order valence-electron chi connectivity index (χ2n) is 4.88. The number of benzene rings is 1. The minimum absolute atomic E-state index is 0.0770. The van der Waals surface area contributed by atoms with Gasteiger partial charge in [-0.05, 0) is 30.9 Å². The highest BCUT2D eigenvalue weighted by molar-refractivity contribution is 7.89. The Morgan fingerprint density at radius 3 is 2.58 bits per heavy atom. The van der Waals surface area contributed by atoms with Crippen molar-refractivity contribution in [2.75, 3.05) is 6.54 Å². The first-order chi connectivity index (χ1) is 8.75. The van der Waals surface area contributed by atoms with Gasteiger partial charge in [0.15, 0.2) is 0 Å². The second-order valence-corrected chi connectivity index (χ2v) is 7.00. The lowest BCUT2D eigenvalue weighted by atomic mass is 10.1. The molecule has 1 atom stereocenters. The van der Waals surface area contributed by atoms with Gasteiger partial charge in [0.1, 0.15) is 4.90 Å². The fourth-order valence-electron chi connectivity index (χ4n) is 1.58. The molecule has 1 unspecified atom stereocenters. The quantitative estimate of drug-likeness (QED) is 0.847. The van der Waals surface area contributed by atoms with Crippen LogP contribution in [0.3, 0.4) is 0 Å². The van der Waals surface area contributed by atoms with E-state index in [0.717, 1.165) is 0 Å². The Morgan fingerprint density at radius 2 is 2.00 bits per heavy atom. The molecule has 0 radical (unpaired) electrons. The molecule has 108 valence electrons. The van der Waals surface area contributed by atoms with Gasteiger partial charge in [-0.25, -0.2) is 13.1 Å². The number of hydrogen-bond donors (Lipinski definition) is 2. The standard InChI is InChI=1S/C13H20ClNO3S/c1-9(2)11(16)7-8-15-19(17,18)12-6-4-5-10(3)13(12)14/h4-6,9,11,15-16H,7-8H2,1-3H3. The molecule has 0 aliphatic rings. The van der Waals surface area contributed by atoms with E-state index in [2.05, 4.69) is 4.72 Å². The van der Waals surface area contributed by atoms with Crippen molar-refractivity contribution in [1.29, 1.82) is 0 Å². The molecule has 1 rings (SSSR count). The van der Waals surface area contributed by atoms with E-state index in [0.29, 0.717) is 12.0 Å². The average molecular weight is 306 g/mol. The number of halogens is 1. The predicted molar refractivity (Wildman–Crippen MR) is 76.8 cm³/mol. The molecule has 0 aromatic heterocycles. The van der Waals surface area contributed by atoms with E-state index in [1.807, 2.05) is 13.8 Å². The lowest BCUT2D eigenvalue weighted by Crippen LogP contribution is -2.29. The number of sulfonamides is 1. The van der Waals surface area contributed by atoms with Crippen LogP contribution in [0.1, 0.15) is 25.8 Å². The van der Waals surface area contributed by atoms with Crippen molar-refractivity contribution in [3.63, 3.8) is 0 Å². The molecule has 0 spiro atoms. The minimum atomic E-state index is -3.63. The molecule has 4 nitrogen and oxygen atoms in total. The van der Waals surface area contributed by atoms with Gasteiger partial charge >= 0.3 is 0 Å². The van der Waals surface area contributed by atoms with Gasteiger partial charge in [-0.15, -0.1) is 0 Å². The smallest absolute Gasteiger partial charge is 0.242 e. The number of aryl methyl sites for hydroxylation is 1. The number of rotatable bonds is 6. The highest BCUT2D eigenvalue weighted by Gasteiger charge is 2.19. The van der Waals surface area contributed by atoms with Crippen LogP contribution in [0.25, 0.3) is 0 Å². The highest BCUT2D eigenvalue weighted by atomic mass is 35.5. The molecule has 0 saturated carbocycles. The largest absolute Gasteiger partial charge is 0.393 e. The van der Waals surface area contributed by atoms with Gasteiger partial charge in [0.25, 0.3) is 0 Å². The zero-order valence-electron chi connectivity index (χ0n) is 11.4. The molecule has 0 fully saturated rings. The number of aliphatic hydroxyl groups is 1. The molecule has 0 aliphatic heterocycles. The molecule has 2 N–H and O–H groups in total. The zero-order chi connectivity index (χ0) is 14.6. The van der Waals surface area contributed by atoms with E-state index >= 15 is 0 Å². The third kappa shape index (κ3) is 4.45. The summed E-state index contributed by atoms with van der Waals surface area (Å²) < 4.78 is 26.6. The first-order valence-electron chi connectivity index (χ1n) is 6.18. The van der Waals surface area contributed by atoms with E-state index in [1.54, 1.807) is 19.1 Å². The Kier molecular flexibility index (Phi) is 5.80. The number of hydrogen-bond acceptors (Lipinski definition) is 3. The normalized spacial score (nSPS) is 13.8. The van der Waals surface area contributed by atoms with Crippen molar-refractivity contribution in [3.05, 3.63) is 28.8 Å². The van der Waals surface area contributed by atoms with Crippen LogP contribution in [0.2, 0.25) is 5.02 Å². The molecular formula is C13H20ClNO3S. The van der Waals surface area contributed by atoms with Crippen LogP contribution in [0.5, 0.6) is 0 Å². The fraction of sp³-hybridized carbons (Fsp3) is 0.538. The highest BCUT2D eigenvalue weighted by Crippen LogP contribution is 2.24. The molecule has 0 amide bonds. The van der Waals surface area contributed by atoms with Crippen LogP contribution in [-0.2, 0) is 10.0 Å². The van der Waals surface area contributed by atoms with E-state index < -0.39 is 16.1 Å². The second kappa shape index (κ2) is 6.70. The first-order valence-corrected chi connectivity index (χ1v) is 8.04. The Labute approximate surface area is 119 Å². The molecule has 19 heavy (non-hydrogen) atoms. The van der Waals surface area contributed by atoms with Crippen molar-refractivity contribution in [1.82, 2.24) is 4.72 Å². The maximum Gasteiger partial charge on any atom is 0.242 e. The minimum Gasteiger partial charge on any atom is -0.393 e. The van der Waals surface area contributed by atoms with E-state index in [9.17, 15) is 13.5 Å². The maximum atomic E-state index is 12.1. The summed E-state index contributed by atoms with van der Waals surface area (Å²) in [6.07, 6.45) is -0.143. The summed E-state index contributed by atoms with van der Waals surface area (Å²) in [7, 11) is -3.63. The topological polar surface area (TPSA) is 66.4 Å². The summed E-state index contributed by atoms with van der Waals surface area (Å²) in [6, 6.07) is 4.87. The molecular weight excluding hydrogens is 286 g/mol. The van der Waals surface area contributed by atoms with Crippen molar-refractivity contribution >= 4 is 21.6 Å². The molecule has 0 heterocycles. The predicted octanol–water partition coefficient (Wildman–Crippen LogP) is 2.33. The van der Waals surface area contributed by atoms with Gasteiger partial charge in [0, 0.05) is 6.54 Å². The Morgan fingerprint density at radius 1 is 1.37 bits per heavy atom. The third-order valence-electron chi connectivity index (χ3n) is 2.95. The van der Waals surface area contributed by atoms with Crippen molar-refractivity contribution in [3.8, 4) is 0 Å². The average Bonchev–Trinajstić information content (AvgIpc) is 2.31. The number of nitrogens with one attached hydrogen (secondary N) is 1. The fourth-order valence-corrected chi connectivity index (χ4v) is 3.21. The van der Waals surface area contributed by atoms with Crippen molar-refractivity contribution in [2.45, 2.75) is 38.2 Å². The van der Waals surface area contributed by atoms with Gasteiger partial charge in [0.2, 0.25) is 10.0 Å². The lowest BCUT2D eigenvalue weighted by molar-refractivity contribution is 0.118. The van der Waals surface area contributed by atoms with Crippen LogP contribution in [0.4, 0.5) is 0 Å². The molecule has 1 aromatic rings. The summed E-state index contributed by atoms with van der Waals surface area (Å²) in [5, 5.41) is 9.87. The molecule has 6 heteroatoms. The summed E-state index contributed by atoms with van der Waals surface area (Å²) in [5.41, 5.74) is 0.715. The van der Waals surface area contributed by atoms with Crippen LogP contribution >= 0.6 is 11.6 Å². The maximum absolute atomic E-state index is 12.1. The summed E-state index contributed by atoms with van der Waals surface area (Å²) in [5.74, 6) is 0.104. The van der Waals surface area contributed by atoms with Gasteiger partial charge in [-0.3, -0.25) is 0 Å². The monoisotopic (exact) mass is 305 g/mol. The Balaban J connectivity index is 2.74. The van der Waals surface area contributed by atoms with Crippen LogP contribution < -0.4 is 4.72 Å². The summed E-state index contributed by atoms with van der Waals surface area (Å²) in [6.45, 7) is 5.71. The molecule has 0 aliphatic carbocycles. The number of aliphatic hydroxyl groups excluding tert-OH is 1. The van der Waals surface area contributed by atoms with Crippen molar-refractivity contribution in [2.24, 2.45) is 5.92 Å². The van der Waals surface area contributed by atoms with Gasteiger partial charge < -0.3 is 5.11 Å². The first kappa shape index (κ1) is 16.4. The van der Waals surface area contributed by atoms with Crippen molar-refractivity contribution < 1.29 is 13.5 Å². The summed E-state index contributed by atoms with van der Waals surface area (Å²) in [4.78, 5) is 0.0770. The van der Waals surface area contributed by atoms with E-state index in [-0.39, 0.29) is 22.4 Å². The third-order valence-corrected chi connectivity index (χ3v) is 5.06. The van der Waals surface area contributed by atoms with Crippen LogP contribution in [0.15, 0.2) is 23.1 Å². The van der Waals surface area contributed by atoms with E-state index in [1.165, 1.54) is 6.07 Å². The van der Waals surface area contributed by atoms with Gasteiger partial charge in [-0.1, -0.05) is 37.6 Å². The van der Waals surface area contributed by atoms with Crippen LogP contribution in [0, 0.1) is 12.8 Å². The van der Waals surface area contributed by atoms with Gasteiger partial charge in [-0.2, -0.15) is 0 Å². The summed E-state index contributed by atoms with van der Waals surface area (Å²) >= 11 is 6.00. The molecule has 0 saturated heterocycles. The SMILES string of the molecule is Cc1cccc(S(=O)(=O)NCCC(O)C(C)C)c1Cl. The Hall–Kier alpha value is -0.620. The molecule has 1 aromatic carbocycles. The van der Waals surface area contributed by atoms with E-state index in [4.69, 9.17) is 11.6 Å². The van der Waals surface area contributed by atoms with Crippen LogP contribution in [-0.4, -0.2) is 26.2 Å². The van der Waals surface area contributed by atoms with Gasteiger partial charge in [0.05, 0.1) is 11.1 Å². The Bertz CT molecular complexity index is 529. The molecule has 0 bridgehead atoms.